The van der Waals surface area contributed by atoms with Crippen molar-refractivity contribution in [2.75, 3.05) is 24.6 Å². The number of nitrogens with one attached hydrogen (secondary N) is 1. The maximum Gasteiger partial charge on any atom is 0.247 e. The van der Waals surface area contributed by atoms with E-state index in [2.05, 4.69) is 20.2 Å². The van der Waals surface area contributed by atoms with Gasteiger partial charge < -0.3 is 16.4 Å². The van der Waals surface area contributed by atoms with Crippen molar-refractivity contribution in [3.63, 3.8) is 0 Å². The van der Waals surface area contributed by atoms with Crippen LogP contribution in [0.2, 0.25) is 0 Å². The molecule has 0 radical (unpaired) electrons. The number of benzene rings is 1. The van der Waals surface area contributed by atoms with Crippen molar-refractivity contribution in [3.8, 4) is 11.3 Å². The summed E-state index contributed by atoms with van der Waals surface area (Å²) < 4.78 is 0. The van der Waals surface area contributed by atoms with Gasteiger partial charge in [0.15, 0.2) is 0 Å². The lowest BCUT2D eigenvalue weighted by Crippen LogP contribution is -2.46. The Morgan fingerprint density at radius 2 is 2.15 bits per heavy atom. The van der Waals surface area contributed by atoms with Crippen LogP contribution in [0, 0.1) is 0 Å². The molecule has 4 rings (SSSR count). The van der Waals surface area contributed by atoms with Gasteiger partial charge in [-0.2, -0.15) is 5.10 Å². The molecule has 8 heteroatoms. The molecule has 2 aromatic heterocycles. The maximum atomic E-state index is 12.2. The molecule has 1 aliphatic rings. The molecule has 1 atom stereocenters. The molecular formula is C19H21N7O. The van der Waals surface area contributed by atoms with E-state index >= 15 is 0 Å². The summed E-state index contributed by atoms with van der Waals surface area (Å²) in [6, 6.07) is 7.17. The minimum Gasteiger partial charge on any atom is -0.398 e. The van der Waals surface area contributed by atoms with Crippen LogP contribution in [0.3, 0.4) is 0 Å². The standard InChI is InChI=1S/C19H21N7O/c1-11(19(27)26-7-2-8-26)22-10-14-17(20)13-4-3-12(15-5-6-23-25-15)9-16(13)24-18(14)21/h3-6,9-11H,2,7-8H2,1H3,(H,23,25)(H4,20,21,24). The second-order valence-electron chi connectivity index (χ2n) is 6.66. The molecule has 0 saturated carbocycles. The predicted molar refractivity (Wildman–Crippen MR) is 106 cm³/mol. The van der Waals surface area contributed by atoms with Crippen molar-refractivity contribution >= 4 is 34.5 Å². The van der Waals surface area contributed by atoms with E-state index in [1.165, 1.54) is 0 Å². The van der Waals surface area contributed by atoms with Gasteiger partial charge in [0.05, 0.1) is 22.5 Å². The fourth-order valence-corrected chi connectivity index (χ4v) is 3.10. The van der Waals surface area contributed by atoms with Gasteiger partial charge in [0.25, 0.3) is 0 Å². The summed E-state index contributed by atoms with van der Waals surface area (Å²) in [5, 5.41) is 7.67. The second kappa shape index (κ2) is 6.71. The summed E-state index contributed by atoms with van der Waals surface area (Å²) in [6.07, 6.45) is 4.30. The highest BCUT2D eigenvalue weighted by molar-refractivity contribution is 6.05. The number of carbonyl (C=O) groups excluding carboxylic acids is 1. The van der Waals surface area contributed by atoms with E-state index in [0.29, 0.717) is 16.8 Å². The first-order valence-corrected chi connectivity index (χ1v) is 8.85. The Morgan fingerprint density at radius 1 is 1.33 bits per heavy atom. The minimum atomic E-state index is -0.470. The number of hydrogen-bond donors (Lipinski definition) is 3. The number of anilines is 2. The SMILES string of the molecule is CC(N=Cc1c(N)nc2cc(-c3ccn[nH]3)ccc2c1N)C(=O)N1CCC1. The van der Waals surface area contributed by atoms with E-state index in [1.807, 2.05) is 24.3 Å². The number of nitrogens with zero attached hydrogens (tertiary/aromatic N) is 4. The number of aromatic nitrogens is 3. The number of carbonyl (C=O) groups is 1. The van der Waals surface area contributed by atoms with Crippen LogP contribution in [0.5, 0.6) is 0 Å². The third-order valence-corrected chi connectivity index (χ3v) is 4.86. The van der Waals surface area contributed by atoms with Gasteiger partial charge >= 0.3 is 0 Å². The molecule has 5 N–H and O–H groups in total. The monoisotopic (exact) mass is 363 g/mol. The number of aromatic amines is 1. The fourth-order valence-electron chi connectivity index (χ4n) is 3.10. The predicted octanol–water partition coefficient (Wildman–Crippen LogP) is 1.83. The quantitative estimate of drug-likeness (QED) is 0.610. The van der Waals surface area contributed by atoms with Crippen LogP contribution in [0.25, 0.3) is 22.2 Å². The molecule has 0 spiro atoms. The van der Waals surface area contributed by atoms with E-state index in [1.54, 1.807) is 24.2 Å². The van der Waals surface area contributed by atoms with Gasteiger partial charge in [0, 0.05) is 36.5 Å². The molecule has 0 aliphatic carbocycles. The first-order chi connectivity index (χ1) is 13.0. The molecule has 3 heterocycles. The van der Waals surface area contributed by atoms with Gasteiger partial charge in [-0.3, -0.25) is 14.9 Å². The van der Waals surface area contributed by atoms with Crippen LogP contribution >= 0.6 is 0 Å². The Hall–Kier alpha value is -3.42. The zero-order chi connectivity index (χ0) is 19.0. The van der Waals surface area contributed by atoms with Crippen LogP contribution in [-0.2, 0) is 4.79 Å². The molecule has 27 heavy (non-hydrogen) atoms. The smallest absolute Gasteiger partial charge is 0.247 e. The van der Waals surface area contributed by atoms with Gasteiger partial charge in [0.1, 0.15) is 11.9 Å². The zero-order valence-electron chi connectivity index (χ0n) is 15.0. The van der Waals surface area contributed by atoms with Crippen molar-refractivity contribution in [2.24, 2.45) is 4.99 Å². The molecule has 1 amide bonds. The Kier molecular flexibility index (Phi) is 4.23. The molecular weight excluding hydrogens is 342 g/mol. The number of H-pyrrole nitrogens is 1. The number of rotatable bonds is 4. The molecule has 1 unspecified atom stereocenters. The number of nitrogen functional groups attached to an aromatic ring is 2. The summed E-state index contributed by atoms with van der Waals surface area (Å²) in [6.45, 7) is 3.38. The topological polar surface area (TPSA) is 126 Å². The van der Waals surface area contributed by atoms with E-state index < -0.39 is 6.04 Å². The number of nitrogens with two attached hydrogens (primary N) is 2. The largest absolute Gasteiger partial charge is 0.398 e. The number of amides is 1. The third-order valence-electron chi connectivity index (χ3n) is 4.86. The average molecular weight is 363 g/mol. The van der Waals surface area contributed by atoms with Crippen LogP contribution < -0.4 is 11.5 Å². The Labute approximate surface area is 156 Å². The van der Waals surface area contributed by atoms with E-state index in [0.717, 1.165) is 36.2 Å². The molecule has 3 aromatic rings. The van der Waals surface area contributed by atoms with E-state index in [-0.39, 0.29) is 11.7 Å². The highest BCUT2D eigenvalue weighted by atomic mass is 16.2. The van der Waals surface area contributed by atoms with Crippen LogP contribution in [0.15, 0.2) is 35.5 Å². The summed E-state index contributed by atoms with van der Waals surface area (Å²) in [4.78, 5) is 22.8. The number of aliphatic imine (C=N–C) groups is 1. The van der Waals surface area contributed by atoms with Crippen molar-refractivity contribution in [3.05, 3.63) is 36.0 Å². The molecule has 1 aliphatic heterocycles. The third kappa shape index (κ3) is 3.10. The van der Waals surface area contributed by atoms with Crippen LogP contribution in [0.1, 0.15) is 18.9 Å². The van der Waals surface area contributed by atoms with Gasteiger partial charge in [-0.25, -0.2) is 4.98 Å². The van der Waals surface area contributed by atoms with Gasteiger partial charge in [-0.15, -0.1) is 0 Å². The van der Waals surface area contributed by atoms with Crippen molar-refractivity contribution in [1.29, 1.82) is 0 Å². The summed E-state index contributed by atoms with van der Waals surface area (Å²) in [5.41, 5.74) is 16.0. The zero-order valence-corrected chi connectivity index (χ0v) is 15.0. The number of fused-ring (bicyclic) bond motifs is 1. The van der Waals surface area contributed by atoms with Gasteiger partial charge in [0.2, 0.25) is 5.91 Å². The normalized spacial score (nSPS) is 15.2. The number of likely N-dealkylation sites (tertiary alicyclic amines) is 1. The molecule has 1 saturated heterocycles. The van der Waals surface area contributed by atoms with Crippen molar-refractivity contribution < 1.29 is 4.79 Å². The van der Waals surface area contributed by atoms with Gasteiger partial charge in [-0.1, -0.05) is 12.1 Å². The van der Waals surface area contributed by atoms with Crippen molar-refractivity contribution in [2.45, 2.75) is 19.4 Å². The molecule has 8 nitrogen and oxygen atoms in total. The Bertz CT molecular complexity index is 1020. The highest BCUT2D eigenvalue weighted by Crippen LogP contribution is 2.29. The van der Waals surface area contributed by atoms with E-state index in [9.17, 15) is 4.79 Å². The molecule has 0 bridgehead atoms. The Morgan fingerprint density at radius 3 is 2.81 bits per heavy atom. The first kappa shape index (κ1) is 17.0. The summed E-state index contributed by atoms with van der Waals surface area (Å²) in [7, 11) is 0. The van der Waals surface area contributed by atoms with Crippen LogP contribution in [0.4, 0.5) is 11.5 Å². The summed E-state index contributed by atoms with van der Waals surface area (Å²) in [5.74, 6) is 0.307. The second-order valence-corrected chi connectivity index (χ2v) is 6.66. The fraction of sp³-hybridized carbons (Fsp3) is 0.263. The maximum absolute atomic E-state index is 12.2. The highest BCUT2D eigenvalue weighted by Gasteiger charge is 2.24. The van der Waals surface area contributed by atoms with Gasteiger partial charge in [-0.05, 0) is 25.5 Å². The summed E-state index contributed by atoms with van der Waals surface area (Å²) >= 11 is 0. The lowest BCUT2D eigenvalue weighted by molar-refractivity contribution is -0.135. The van der Waals surface area contributed by atoms with Crippen LogP contribution in [-0.4, -0.2) is 51.3 Å². The first-order valence-electron chi connectivity index (χ1n) is 8.85. The van der Waals surface area contributed by atoms with Crippen molar-refractivity contribution in [1.82, 2.24) is 20.1 Å². The minimum absolute atomic E-state index is 0.0209. The average Bonchev–Trinajstić information content (AvgIpc) is 3.14. The molecule has 1 fully saturated rings. The lowest BCUT2D eigenvalue weighted by atomic mass is 10.1. The number of hydrogen-bond acceptors (Lipinski definition) is 6. The molecule has 138 valence electrons. The van der Waals surface area contributed by atoms with E-state index in [4.69, 9.17) is 11.5 Å². The lowest BCUT2D eigenvalue weighted by Gasteiger charge is -2.32. The number of pyridine rings is 1. The Balaban J connectivity index is 1.66. The molecule has 1 aromatic carbocycles.